The van der Waals surface area contributed by atoms with E-state index in [0.717, 1.165) is 34.5 Å². The zero-order chi connectivity index (χ0) is 14.0. The van der Waals surface area contributed by atoms with E-state index in [2.05, 4.69) is 24.1 Å². The molecule has 1 fully saturated rings. The highest BCUT2D eigenvalue weighted by Gasteiger charge is 2.23. The number of likely N-dealkylation sites (tertiary alicyclic amines) is 1. The molecule has 1 aromatic carbocycles. The van der Waals surface area contributed by atoms with Crippen molar-refractivity contribution in [3.8, 4) is 0 Å². The third-order valence-electron chi connectivity index (χ3n) is 3.67. The summed E-state index contributed by atoms with van der Waals surface area (Å²) in [4.78, 5) is 2.27. The van der Waals surface area contributed by atoms with Crippen LogP contribution in [0.15, 0.2) is 18.2 Å². The second kappa shape index (κ2) is 6.10. The van der Waals surface area contributed by atoms with E-state index in [9.17, 15) is 0 Å². The van der Waals surface area contributed by atoms with Gasteiger partial charge in [-0.25, -0.2) is 0 Å². The molecule has 0 aromatic heterocycles. The van der Waals surface area contributed by atoms with Gasteiger partial charge in [0.2, 0.25) is 0 Å². The molecule has 4 heteroatoms. The van der Waals surface area contributed by atoms with Gasteiger partial charge >= 0.3 is 0 Å². The molecule has 0 radical (unpaired) electrons. The first kappa shape index (κ1) is 14.6. The third-order valence-corrected chi connectivity index (χ3v) is 4.44. The van der Waals surface area contributed by atoms with Crippen molar-refractivity contribution in [3.05, 3.63) is 28.8 Å². The molecule has 0 saturated carbocycles. The Morgan fingerprint density at radius 2 is 1.95 bits per heavy atom. The first-order valence-electron chi connectivity index (χ1n) is 6.78. The molecule has 2 nitrogen and oxygen atoms in total. The first-order chi connectivity index (χ1) is 8.97. The Morgan fingerprint density at radius 3 is 2.58 bits per heavy atom. The molecule has 1 N–H and O–H groups in total. The van der Waals surface area contributed by atoms with Gasteiger partial charge in [0, 0.05) is 23.8 Å². The van der Waals surface area contributed by atoms with Crippen LogP contribution >= 0.6 is 23.8 Å². The lowest BCUT2D eigenvalue weighted by atomic mass is 9.92. The van der Waals surface area contributed by atoms with E-state index in [0.29, 0.717) is 11.8 Å². The maximum atomic E-state index is 6.13. The van der Waals surface area contributed by atoms with Crippen LogP contribution < -0.4 is 5.32 Å². The molecule has 2 rings (SSSR count). The van der Waals surface area contributed by atoms with E-state index in [1.807, 2.05) is 25.1 Å². The number of piperidine rings is 1. The maximum absolute atomic E-state index is 6.13. The van der Waals surface area contributed by atoms with Crippen LogP contribution in [0.3, 0.4) is 0 Å². The summed E-state index contributed by atoms with van der Waals surface area (Å²) in [7, 11) is 0. The third kappa shape index (κ3) is 3.61. The van der Waals surface area contributed by atoms with Crippen molar-refractivity contribution in [2.75, 3.05) is 18.4 Å². The Hall–Kier alpha value is -0.800. The highest BCUT2D eigenvalue weighted by Crippen LogP contribution is 2.25. The fraction of sp³-hybridized carbons (Fsp3) is 0.533. The van der Waals surface area contributed by atoms with Crippen LogP contribution in [0.5, 0.6) is 0 Å². The molecule has 0 bridgehead atoms. The zero-order valence-corrected chi connectivity index (χ0v) is 13.3. The summed E-state index contributed by atoms with van der Waals surface area (Å²) in [6.07, 6.45) is 1.29. The predicted octanol–water partition coefficient (Wildman–Crippen LogP) is 4.32. The van der Waals surface area contributed by atoms with Crippen molar-refractivity contribution in [2.45, 2.75) is 27.2 Å². The summed E-state index contributed by atoms with van der Waals surface area (Å²) in [6, 6.07) is 5.86. The van der Waals surface area contributed by atoms with Crippen molar-refractivity contribution in [3.63, 3.8) is 0 Å². The standard InChI is InChI=1S/C15H21ClN2S/c1-10-7-11(2)9-18(8-10)15(19)17-14-6-4-5-13(16)12(14)3/h4-6,10-11H,7-9H2,1-3H3,(H,17,19)/t10-,11-/m1/s1. The number of hydrogen-bond acceptors (Lipinski definition) is 1. The number of nitrogens with zero attached hydrogens (tertiary/aromatic N) is 1. The monoisotopic (exact) mass is 296 g/mol. The van der Waals surface area contributed by atoms with Gasteiger partial charge in [-0.15, -0.1) is 0 Å². The van der Waals surface area contributed by atoms with Gasteiger partial charge in [0.25, 0.3) is 0 Å². The lowest BCUT2D eigenvalue weighted by Gasteiger charge is -2.36. The van der Waals surface area contributed by atoms with Crippen molar-refractivity contribution in [1.29, 1.82) is 0 Å². The van der Waals surface area contributed by atoms with E-state index in [1.54, 1.807) is 0 Å². The van der Waals surface area contributed by atoms with Crippen molar-refractivity contribution in [2.24, 2.45) is 11.8 Å². The Labute approximate surface area is 126 Å². The van der Waals surface area contributed by atoms with Gasteiger partial charge in [-0.3, -0.25) is 0 Å². The van der Waals surface area contributed by atoms with Crippen LogP contribution in [0.1, 0.15) is 25.8 Å². The Kier molecular flexibility index (Phi) is 4.69. The molecule has 0 amide bonds. The number of hydrogen-bond donors (Lipinski definition) is 1. The highest BCUT2D eigenvalue weighted by atomic mass is 35.5. The minimum Gasteiger partial charge on any atom is -0.348 e. The summed E-state index contributed by atoms with van der Waals surface area (Å²) in [5, 5.41) is 4.92. The molecule has 0 unspecified atom stereocenters. The summed E-state index contributed by atoms with van der Waals surface area (Å²) in [5.41, 5.74) is 2.05. The lowest BCUT2D eigenvalue weighted by molar-refractivity contribution is 0.216. The molecule has 0 aliphatic carbocycles. The van der Waals surface area contributed by atoms with Crippen LogP contribution in [0.25, 0.3) is 0 Å². The van der Waals surface area contributed by atoms with Crippen LogP contribution in [0.2, 0.25) is 5.02 Å². The number of halogens is 1. The van der Waals surface area contributed by atoms with Gasteiger partial charge in [-0.1, -0.05) is 31.5 Å². The highest BCUT2D eigenvalue weighted by molar-refractivity contribution is 7.80. The van der Waals surface area contributed by atoms with Gasteiger partial charge in [0.1, 0.15) is 0 Å². The molecule has 1 aromatic rings. The quantitative estimate of drug-likeness (QED) is 0.777. The number of thiocarbonyl (C=S) groups is 1. The van der Waals surface area contributed by atoms with E-state index in [1.165, 1.54) is 6.42 Å². The van der Waals surface area contributed by atoms with Crippen LogP contribution in [-0.2, 0) is 0 Å². The van der Waals surface area contributed by atoms with Gasteiger partial charge in [0.15, 0.2) is 5.11 Å². The molecule has 0 spiro atoms. The smallest absolute Gasteiger partial charge is 0.173 e. The second-order valence-electron chi connectivity index (χ2n) is 5.69. The number of rotatable bonds is 1. The first-order valence-corrected chi connectivity index (χ1v) is 7.57. The van der Waals surface area contributed by atoms with E-state index >= 15 is 0 Å². The molecule has 1 aliphatic rings. The molecule has 2 atom stereocenters. The van der Waals surface area contributed by atoms with Crippen molar-refractivity contribution < 1.29 is 0 Å². The molecule has 1 saturated heterocycles. The normalized spacial score (nSPS) is 23.3. The lowest BCUT2D eigenvalue weighted by Crippen LogP contribution is -2.44. The predicted molar refractivity (Wildman–Crippen MR) is 86.9 cm³/mol. The summed E-state index contributed by atoms with van der Waals surface area (Å²) in [6.45, 7) is 8.66. The molecular weight excluding hydrogens is 276 g/mol. The Morgan fingerprint density at radius 1 is 1.32 bits per heavy atom. The molecule has 1 heterocycles. The average molecular weight is 297 g/mol. The molecule has 1 aliphatic heterocycles. The van der Waals surface area contributed by atoms with Gasteiger partial charge in [0.05, 0.1) is 0 Å². The largest absolute Gasteiger partial charge is 0.348 e. The summed E-state index contributed by atoms with van der Waals surface area (Å²) in [5.74, 6) is 1.40. The number of benzene rings is 1. The van der Waals surface area contributed by atoms with E-state index in [-0.39, 0.29) is 0 Å². The fourth-order valence-corrected chi connectivity index (χ4v) is 3.20. The second-order valence-corrected chi connectivity index (χ2v) is 6.49. The van der Waals surface area contributed by atoms with Gasteiger partial charge in [-0.2, -0.15) is 0 Å². The number of anilines is 1. The fourth-order valence-electron chi connectivity index (χ4n) is 2.77. The van der Waals surface area contributed by atoms with E-state index < -0.39 is 0 Å². The SMILES string of the molecule is Cc1c(Cl)cccc1NC(=S)N1C[C@H](C)C[C@@H](C)C1. The van der Waals surface area contributed by atoms with Crippen molar-refractivity contribution in [1.82, 2.24) is 4.90 Å². The van der Waals surface area contributed by atoms with Crippen molar-refractivity contribution >= 4 is 34.6 Å². The number of nitrogens with one attached hydrogen (secondary N) is 1. The summed E-state index contributed by atoms with van der Waals surface area (Å²) >= 11 is 11.7. The molecular formula is C15H21ClN2S. The van der Waals surface area contributed by atoms with Crippen LogP contribution in [0, 0.1) is 18.8 Å². The Bertz CT molecular complexity index is 465. The topological polar surface area (TPSA) is 15.3 Å². The molecule has 104 valence electrons. The van der Waals surface area contributed by atoms with Gasteiger partial charge in [-0.05, 0) is 55.1 Å². The maximum Gasteiger partial charge on any atom is 0.173 e. The van der Waals surface area contributed by atoms with Crippen LogP contribution in [-0.4, -0.2) is 23.1 Å². The molecule has 19 heavy (non-hydrogen) atoms. The van der Waals surface area contributed by atoms with Crippen LogP contribution in [0.4, 0.5) is 5.69 Å². The average Bonchev–Trinajstić information content (AvgIpc) is 2.33. The minimum absolute atomic E-state index is 0.698. The minimum atomic E-state index is 0.698. The van der Waals surface area contributed by atoms with Gasteiger partial charge < -0.3 is 10.2 Å². The van der Waals surface area contributed by atoms with E-state index in [4.69, 9.17) is 23.8 Å². The summed E-state index contributed by atoms with van der Waals surface area (Å²) < 4.78 is 0. The Balaban J connectivity index is 2.06. The zero-order valence-electron chi connectivity index (χ0n) is 11.7.